The minimum atomic E-state index is -4.82. The number of aromatic nitrogens is 3. The molecule has 0 bridgehead atoms. The molecule has 4 N–H and O–H groups in total. The highest BCUT2D eigenvalue weighted by Gasteiger charge is 2.35. The van der Waals surface area contributed by atoms with E-state index in [0.29, 0.717) is 27.6 Å². The summed E-state index contributed by atoms with van der Waals surface area (Å²) in [4.78, 5) is 28.7. The van der Waals surface area contributed by atoms with Crippen molar-refractivity contribution in [3.05, 3.63) is 86.7 Å². The molecule has 198 valence electrons. The van der Waals surface area contributed by atoms with Crippen molar-refractivity contribution in [1.29, 1.82) is 0 Å². The minimum Gasteiger partial charge on any atom is -0.365 e. The van der Waals surface area contributed by atoms with E-state index in [1.165, 1.54) is 24.3 Å². The van der Waals surface area contributed by atoms with Gasteiger partial charge in [-0.25, -0.2) is 9.37 Å². The molecule has 0 spiro atoms. The predicted molar refractivity (Wildman–Crippen MR) is 141 cm³/mol. The maximum Gasteiger partial charge on any atom is 0.433 e. The number of thiophene rings is 1. The van der Waals surface area contributed by atoms with Crippen LogP contribution < -0.4 is 11.1 Å². The Bertz CT molecular complexity index is 1770. The smallest absolute Gasteiger partial charge is 0.365 e. The summed E-state index contributed by atoms with van der Waals surface area (Å²) in [6.07, 6.45) is -4.82. The number of H-pyrrole nitrogens is 1. The van der Waals surface area contributed by atoms with Crippen LogP contribution in [0.25, 0.3) is 32.6 Å². The molecule has 2 amide bonds. The van der Waals surface area contributed by atoms with Crippen molar-refractivity contribution < 1.29 is 27.2 Å². The van der Waals surface area contributed by atoms with Gasteiger partial charge < -0.3 is 11.1 Å². The molecule has 0 unspecified atom stereocenters. The number of nitrogens with two attached hydrogens (primary N) is 1. The van der Waals surface area contributed by atoms with Gasteiger partial charge in [-0.2, -0.15) is 18.3 Å². The fourth-order valence-electron chi connectivity index (χ4n) is 3.85. The molecule has 0 saturated carbocycles. The molecular formula is C25H13Cl2F4N5O2S. The van der Waals surface area contributed by atoms with Crippen LogP contribution in [-0.2, 0) is 6.18 Å². The van der Waals surface area contributed by atoms with Gasteiger partial charge in [0.1, 0.15) is 26.9 Å². The van der Waals surface area contributed by atoms with Crippen LogP contribution in [0.5, 0.6) is 0 Å². The molecule has 0 atom stereocenters. The Kier molecular flexibility index (Phi) is 6.79. The number of carbonyl (C=O) groups excluding carboxylic acids is 2. The number of amides is 2. The van der Waals surface area contributed by atoms with Crippen molar-refractivity contribution in [2.45, 2.75) is 6.18 Å². The normalized spacial score (nSPS) is 11.6. The van der Waals surface area contributed by atoms with Crippen LogP contribution in [0.15, 0.2) is 54.6 Å². The maximum atomic E-state index is 13.7. The number of fused-ring (bicyclic) bond motifs is 1. The van der Waals surface area contributed by atoms with Gasteiger partial charge in [0.25, 0.3) is 11.8 Å². The first-order valence-corrected chi connectivity index (χ1v) is 12.4. The molecule has 0 radical (unpaired) electrons. The highest BCUT2D eigenvalue weighted by molar-refractivity contribution is 7.21. The van der Waals surface area contributed by atoms with E-state index in [2.05, 4.69) is 20.5 Å². The van der Waals surface area contributed by atoms with Crippen LogP contribution >= 0.6 is 34.5 Å². The number of benzene rings is 2. The molecule has 3 heterocycles. The number of alkyl halides is 3. The number of halogens is 6. The zero-order valence-corrected chi connectivity index (χ0v) is 21.5. The molecule has 0 fully saturated rings. The van der Waals surface area contributed by atoms with Gasteiger partial charge in [-0.3, -0.25) is 14.7 Å². The number of pyridine rings is 1. The number of primary amides is 1. The molecule has 39 heavy (non-hydrogen) atoms. The molecule has 5 rings (SSSR count). The van der Waals surface area contributed by atoms with E-state index in [1.807, 2.05) is 0 Å². The Morgan fingerprint density at radius 3 is 2.36 bits per heavy atom. The Morgan fingerprint density at radius 1 is 1.00 bits per heavy atom. The van der Waals surface area contributed by atoms with Crippen LogP contribution in [-0.4, -0.2) is 27.0 Å². The van der Waals surface area contributed by atoms with E-state index in [-0.39, 0.29) is 42.6 Å². The Labute approximate surface area is 230 Å². The zero-order chi connectivity index (χ0) is 28.1. The topological polar surface area (TPSA) is 114 Å². The van der Waals surface area contributed by atoms with Gasteiger partial charge in [0.2, 0.25) is 0 Å². The van der Waals surface area contributed by atoms with E-state index in [4.69, 9.17) is 28.9 Å². The lowest BCUT2D eigenvalue weighted by Crippen LogP contribution is -2.17. The summed E-state index contributed by atoms with van der Waals surface area (Å²) < 4.78 is 54.5. The van der Waals surface area contributed by atoms with E-state index in [9.17, 15) is 27.2 Å². The van der Waals surface area contributed by atoms with Crippen molar-refractivity contribution in [2.75, 3.05) is 5.32 Å². The van der Waals surface area contributed by atoms with Crippen LogP contribution in [0.3, 0.4) is 0 Å². The van der Waals surface area contributed by atoms with E-state index >= 15 is 0 Å². The van der Waals surface area contributed by atoms with Crippen molar-refractivity contribution in [1.82, 2.24) is 15.2 Å². The van der Waals surface area contributed by atoms with Crippen LogP contribution in [0.4, 0.5) is 23.2 Å². The molecule has 0 aliphatic rings. The molecule has 2 aromatic carbocycles. The van der Waals surface area contributed by atoms with Crippen molar-refractivity contribution in [3.8, 4) is 22.4 Å². The van der Waals surface area contributed by atoms with Crippen molar-refractivity contribution in [3.63, 3.8) is 0 Å². The number of carbonyl (C=O) groups is 2. The van der Waals surface area contributed by atoms with Gasteiger partial charge in [0, 0.05) is 16.0 Å². The number of aromatic amines is 1. The van der Waals surface area contributed by atoms with Gasteiger partial charge >= 0.3 is 6.18 Å². The fourth-order valence-corrected chi connectivity index (χ4v) is 5.36. The van der Waals surface area contributed by atoms with Gasteiger partial charge in [-0.15, -0.1) is 11.3 Å². The molecule has 14 heteroatoms. The largest absolute Gasteiger partial charge is 0.433 e. The lowest BCUT2D eigenvalue weighted by molar-refractivity contribution is -0.140. The van der Waals surface area contributed by atoms with Crippen molar-refractivity contribution >= 4 is 62.3 Å². The van der Waals surface area contributed by atoms with Gasteiger partial charge in [0.15, 0.2) is 0 Å². The summed E-state index contributed by atoms with van der Waals surface area (Å²) >= 11 is 12.7. The van der Waals surface area contributed by atoms with E-state index in [0.717, 1.165) is 18.2 Å². The van der Waals surface area contributed by atoms with Crippen LogP contribution in [0, 0.1) is 5.82 Å². The number of nitrogens with zero attached hydrogens (tertiary/aromatic N) is 2. The molecule has 5 aromatic rings. The lowest BCUT2D eigenvalue weighted by atomic mass is 10.0. The minimum absolute atomic E-state index is 0.0299. The molecular weight excluding hydrogens is 581 g/mol. The number of nitrogens with one attached hydrogen (secondary N) is 2. The highest BCUT2D eigenvalue weighted by Crippen LogP contribution is 2.44. The van der Waals surface area contributed by atoms with Gasteiger partial charge in [0.05, 0.1) is 16.4 Å². The van der Waals surface area contributed by atoms with Crippen LogP contribution in [0.1, 0.15) is 25.9 Å². The summed E-state index contributed by atoms with van der Waals surface area (Å²) in [5, 5.41) is 9.92. The molecule has 3 aromatic heterocycles. The quantitative estimate of drug-likeness (QED) is 0.187. The maximum absolute atomic E-state index is 13.7. The predicted octanol–water partition coefficient (Wildman–Crippen LogP) is 7.17. The molecule has 0 saturated heterocycles. The van der Waals surface area contributed by atoms with Crippen molar-refractivity contribution in [2.24, 2.45) is 5.73 Å². The third-order valence-corrected chi connectivity index (χ3v) is 7.25. The molecule has 7 nitrogen and oxygen atoms in total. The fraction of sp³-hybridized carbons (Fsp3) is 0.0400. The first kappa shape index (κ1) is 26.6. The Hall–Kier alpha value is -4.00. The summed E-state index contributed by atoms with van der Waals surface area (Å²) in [7, 11) is 0. The van der Waals surface area contributed by atoms with E-state index in [1.54, 1.807) is 12.1 Å². The summed E-state index contributed by atoms with van der Waals surface area (Å²) in [5.41, 5.74) is 5.04. The average Bonchev–Trinajstić information content (AvgIpc) is 3.49. The number of rotatable bonds is 5. The third-order valence-electron chi connectivity index (χ3n) is 5.60. The van der Waals surface area contributed by atoms with E-state index < -0.39 is 29.5 Å². The number of hydrogen-bond donors (Lipinski definition) is 3. The Morgan fingerprint density at radius 2 is 1.72 bits per heavy atom. The highest BCUT2D eigenvalue weighted by atomic mass is 35.5. The number of hydrogen-bond acceptors (Lipinski definition) is 5. The number of anilines is 1. The molecule has 0 aliphatic heterocycles. The summed E-state index contributed by atoms with van der Waals surface area (Å²) in [6.45, 7) is 0. The molecule has 0 aliphatic carbocycles. The lowest BCUT2D eigenvalue weighted by Gasteiger charge is -2.12. The van der Waals surface area contributed by atoms with Crippen LogP contribution in [0.2, 0.25) is 10.0 Å². The van der Waals surface area contributed by atoms with Gasteiger partial charge in [-0.05, 0) is 53.6 Å². The summed E-state index contributed by atoms with van der Waals surface area (Å²) in [6, 6.07) is 11.5. The second-order valence-corrected chi connectivity index (χ2v) is 10.00. The zero-order valence-electron chi connectivity index (χ0n) is 19.2. The monoisotopic (exact) mass is 593 g/mol. The third kappa shape index (κ3) is 5.18. The Balaban J connectivity index is 1.63. The SMILES string of the molecule is NC(=O)c1sc2nc(C(F)(F)F)cc(-c3ccc(F)cc3)c2c1NC(=O)c1cc(-c2ccc(Cl)cc2Cl)n[nH]1. The second kappa shape index (κ2) is 9.95. The standard InChI is InChI=1S/C25H13Cl2F4N5O2S/c26-11-3-6-13(15(27)7-11)16-9-17(36-35-16)23(38)34-20-19-14(10-1-4-12(28)5-2-10)8-18(25(29,30)31)33-24(19)39-21(20)22(32)37/h1-9H,(H2,32,37)(H,34,38)(H,35,36). The second-order valence-electron chi connectivity index (χ2n) is 8.16. The first-order chi connectivity index (χ1) is 18.4. The van der Waals surface area contributed by atoms with Gasteiger partial charge in [-0.1, -0.05) is 35.3 Å². The average molecular weight is 594 g/mol. The first-order valence-electron chi connectivity index (χ1n) is 10.8. The summed E-state index contributed by atoms with van der Waals surface area (Å²) in [5.74, 6) is -2.37.